The number of esters is 1. The molecule has 0 bridgehead atoms. The van der Waals surface area contributed by atoms with Crippen molar-refractivity contribution in [3.05, 3.63) is 54.0 Å². The third-order valence-electron chi connectivity index (χ3n) is 4.84. The standard InChI is InChI=1S/C21H22N4O3/c1-3-27-21(26)17-18-20(24-16-9-5-4-8-15(16)23-18)25(19(17)22)13(2)10-11-14-7-6-12-28-14/h4-9,12-13H,3,10-11,22H2,1-2H3. The molecule has 3 aromatic heterocycles. The molecule has 0 saturated carbocycles. The summed E-state index contributed by atoms with van der Waals surface area (Å²) in [6.07, 6.45) is 3.19. The minimum absolute atomic E-state index is 0.00811. The Kier molecular flexibility index (Phi) is 4.73. The summed E-state index contributed by atoms with van der Waals surface area (Å²) >= 11 is 0. The van der Waals surface area contributed by atoms with Crippen molar-refractivity contribution in [3.8, 4) is 0 Å². The molecule has 0 aliphatic rings. The van der Waals surface area contributed by atoms with E-state index in [9.17, 15) is 4.79 Å². The number of carbonyl (C=O) groups excluding carboxylic acids is 1. The van der Waals surface area contributed by atoms with Crippen LogP contribution >= 0.6 is 0 Å². The van der Waals surface area contributed by atoms with Crippen LogP contribution in [0.15, 0.2) is 47.1 Å². The van der Waals surface area contributed by atoms with Gasteiger partial charge in [-0.25, -0.2) is 14.8 Å². The SMILES string of the molecule is CCOC(=O)c1c(N)n(C(C)CCc2ccco2)c2nc3ccccc3nc12. The van der Waals surface area contributed by atoms with E-state index >= 15 is 0 Å². The van der Waals surface area contributed by atoms with Gasteiger partial charge in [0.1, 0.15) is 22.7 Å². The van der Waals surface area contributed by atoms with Crippen molar-refractivity contribution >= 4 is 34.0 Å². The van der Waals surface area contributed by atoms with Crippen molar-refractivity contribution in [1.29, 1.82) is 0 Å². The van der Waals surface area contributed by atoms with E-state index in [1.165, 1.54) is 0 Å². The molecule has 3 heterocycles. The van der Waals surface area contributed by atoms with Gasteiger partial charge in [0, 0.05) is 12.5 Å². The Morgan fingerprint density at radius 3 is 2.64 bits per heavy atom. The summed E-state index contributed by atoms with van der Waals surface area (Å²) in [5, 5.41) is 0. The quantitative estimate of drug-likeness (QED) is 0.507. The third-order valence-corrected chi connectivity index (χ3v) is 4.84. The van der Waals surface area contributed by atoms with Crippen LogP contribution in [-0.4, -0.2) is 27.1 Å². The largest absolute Gasteiger partial charge is 0.469 e. The highest BCUT2D eigenvalue weighted by Gasteiger charge is 2.27. The fourth-order valence-corrected chi connectivity index (χ4v) is 3.47. The fraction of sp³-hybridized carbons (Fsp3) is 0.286. The van der Waals surface area contributed by atoms with Gasteiger partial charge in [-0.05, 0) is 44.5 Å². The number of aryl methyl sites for hydroxylation is 1. The Morgan fingerprint density at radius 1 is 1.21 bits per heavy atom. The molecule has 1 atom stereocenters. The predicted octanol–water partition coefficient (Wildman–Crippen LogP) is 4.13. The lowest BCUT2D eigenvalue weighted by Crippen LogP contribution is -2.13. The summed E-state index contributed by atoms with van der Waals surface area (Å²) in [4.78, 5) is 22.0. The second kappa shape index (κ2) is 7.34. The van der Waals surface area contributed by atoms with E-state index in [1.54, 1.807) is 13.2 Å². The molecule has 0 aliphatic heterocycles. The molecule has 7 nitrogen and oxygen atoms in total. The number of hydrogen-bond acceptors (Lipinski definition) is 6. The topological polar surface area (TPSA) is 96.2 Å². The van der Waals surface area contributed by atoms with E-state index in [0.717, 1.165) is 24.1 Å². The number of nitrogens with zero attached hydrogens (tertiary/aromatic N) is 3. The maximum absolute atomic E-state index is 12.6. The van der Waals surface area contributed by atoms with Gasteiger partial charge in [0.15, 0.2) is 5.65 Å². The number of anilines is 1. The Morgan fingerprint density at radius 2 is 1.96 bits per heavy atom. The Labute approximate surface area is 162 Å². The Hall–Kier alpha value is -3.35. The van der Waals surface area contributed by atoms with Crippen LogP contribution < -0.4 is 5.73 Å². The minimum Gasteiger partial charge on any atom is -0.469 e. The van der Waals surface area contributed by atoms with E-state index in [2.05, 4.69) is 4.98 Å². The van der Waals surface area contributed by atoms with Crippen LogP contribution in [-0.2, 0) is 11.2 Å². The molecule has 1 unspecified atom stereocenters. The number of aromatic nitrogens is 3. The Bertz CT molecular complexity index is 1130. The monoisotopic (exact) mass is 378 g/mol. The highest BCUT2D eigenvalue weighted by molar-refractivity contribution is 6.08. The van der Waals surface area contributed by atoms with E-state index in [4.69, 9.17) is 19.9 Å². The molecule has 0 amide bonds. The first-order valence-electron chi connectivity index (χ1n) is 9.35. The summed E-state index contributed by atoms with van der Waals surface area (Å²) in [6, 6.07) is 11.4. The van der Waals surface area contributed by atoms with Gasteiger partial charge in [0.25, 0.3) is 0 Å². The molecule has 0 saturated heterocycles. The summed E-state index contributed by atoms with van der Waals surface area (Å²) in [7, 11) is 0. The zero-order chi connectivity index (χ0) is 19.7. The number of nitrogens with two attached hydrogens (primary N) is 1. The van der Waals surface area contributed by atoms with E-state index < -0.39 is 5.97 Å². The Balaban J connectivity index is 1.84. The summed E-state index contributed by atoms with van der Waals surface area (Å²) in [6.45, 7) is 4.07. The van der Waals surface area contributed by atoms with Crippen LogP contribution in [0.25, 0.3) is 22.2 Å². The van der Waals surface area contributed by atoms with Crippen LogP contribution in [0.5, 0.6) is 0 Å². The number of fused-ring (bicyclic) bond motifs is 2. The predicted molar refractivity (Wildman–Crippen MR) is 107 cm³/mol. The fourth-order valence-electron chi connectivity index (χ4n) is 3.47. The first-order valence-corrected chi connectivity index (χ1v) is 9.35. The van der Waals surface area contributed by atoms with Crippen molar-refractivity contribution < 1.29 is 13.9 Å². The normalized spacial score (nSPS) is 12.5. The number of nitrogen functional groups attached to an aromatic ring is 1. The van der Waals surface area contributed by atoms with Gasteiger partial charge in [-0.1, -0.05) is 12.1 Å². The van der Waals surface area contributed by atoms with Crippen molar-refractivity contribution in [2.45, 2.75) is 32.7 Å². The molecular weight excluding hydrogens is 356 g/mol. The maximum Gasteiger partial charge on any atom is 0.344 e. The van der Waals surface area contributed by atoms with Gasteiger partial charge < -0.3 is 19.5 Å². The molecule has 4 rings (SSSR count). The number of carbonyl (C=O) groups is 1. The number of rotatable bonds is 6. The molecule has 1 aromatic carbocycles. The lowest BCUT2D eigenvalue weighted by atomic mass is 10.1. The second-order valence-corrected chi connectivity index (χ2v) is 6.70. The van der Waals surface area contributed by atoms with Crippen LogP contribution in [0, 0.1) is 0 Å². The van der Waals surface area contributed by atoms with Gasteiger partial charge in [0.05, 0.1) is 23.9 Å². The summed E-state index contributed by atoms with van der Waals surface area (Å²) < 4.78 is 12.5. The maximum atomic E-state index is 12.6. The highest BCUT2D eigenvalue weighted by atomic mass is 16.5. The number of ether oxygens (including phenoxy) is 1. The van der Waals surface area contributed by atoms with Crippen molar-refractivity contribution in [3.63, 3.8) is 0 Å². The molecule has 0 spiro atoms. The zero-order valence-electron chi connectivity index (χ0n) is 15.9. The van der Waals surface area contributed by atoms with Gasteiger partial charge in [0.2, 0.25) is 0 Å². The van der Waals surface area contributed by atoms with Gasteiger partial charge in [-0.2, -0.15) is 0 Å². The second-order valence-electron chi connectivity index (χ2n) is 6.70. The summed E-state index contributed by atoms with van der Waals surface area (Å²) in [5.74, 6) is 0.756. The zero-order valence-corrected chi connectivity index (χ0v) is 15.9. The number of hydrogen-bond donors (Lipinski definition) is 1. The molecular formula is C21H22N4O3. The smallest absolute Gasteiger partial charge is 0.344 e. The molecule has 0 fully saturated rings. The summed E-state index contributed by atoms with van der Waals surface area (Å²) in [5.41, 5.74) is 9.22. The lowest BCUT2D eigenvalue weighted by molar-refractivity contribution is 0.0529. The molecule has 2 N–H and O–H groups in total. The minimum atomic E-state index is -0.480. The average Bonchev–Trinajstić information content (AvgIpc) is 3.30. The highest BCUT2D eigenvalue weighted by Crippen LogP contribution is 2.32. The van der Waals surface area contributed by atoms with E-state index in [-0.39, 0.29) is 18.2 Å². The number of para-hydroxylation sites is 2. The third kappa shape index (κ3) is 3.09. The number of furan rings is 1. The van der Waals surface area contributed by atoms with Crippen molar-refractivity contribution in [1.82, 2.24) is 14.5 Å². The van der Waals surface area contributed by atoms with Crippen LogP contribution in [0.4, 0.5) is 5.82 Å². The first kappa shape index (κ1) is 18.0. The van der Waals surface area contributed by atoms with Crippen LogP contribution in [0.2, 0.25) is 0 Å². The first-order chi connectivity index (χ1) is 13.6. The van der Waals surface area contributed by atoms with Gasteiger partial charge in [-0.15, -0.1) is 0 Å². The van der Waals surface area contributed by atoms with Crippen molar-refractivity contribution in [2.24, 2.45) is 0 Å². The van der Waals surface area contributed by atoms with Crippen LogP contribution in [0.3, 0.4) is 0 Å². The molecule has 28 heavy (non-hydrogen) atoms. The molecule has 144 valence electrons. The van der Waals surface area contributed by atoms with E-state index in [0.29, 0.717) is 22.5 Å². The van der Waals surface area contributed by atoms with E-state index in [1.807, 2.05) is 47.9 Å². The van der Waals surface area contributed by atoms with Gasteiger partial charge >= 0.3 is 5.97 Å². The van der Waals surface area contributed by atoms with Crippen LogP contribution in [0.1, 0.15) is 42.4 Å². The molecule has 0 radical (unpaired) electrons. The average molecular weight is 378 g/mol. The molecule has 7 heteroatoms. The molecule has 0 aliphatic carbocycles. The van der Waals surface area contributed by atoms with Crippen molar-refractivity contribution in [2.75, 3.05) is 12.3 Å². The number of benzene rings is 1. The molecule has 4 aromatic rings. The van der Waals surface area contributed by atoms with Gasteiger partial charge in [-0.3, -0.25) is 0 Å². The lowest BCUT2D eigenvalue weighted by Gasteiger charge is -2.16.